The highest BCUT2D eigenvalue weighted by Crippen LogP contribution is 1.93. The van der Waals surface area contributed by atoms with Crippen molar-refractivity contribution in [3.63, 3.8) is 0 Å². The zero-order chi connectivity index (χ0) is 10.2. The monoisotopic (exact) mass is 202 g/mol. The van der Waals surface area contributed by atoms with Gasteiger partial charge in [-0.05, 0) is 0 Å². The number of rotatable bonds is 6. The van der Waals surface area contributed by atoms with Gasteiger partial charge in [0.1, 0.15) is 0 Å². The van der Waals surface area contributed by atoms with E-state index in [4.69, 9.17) is 4.74 Å². The largest absolute Gasteiger partial charge is 0.550 e. The van der Waals surface area contributed by atoms with Crippen molar-refractivity contribution >= 4 is 5.97 Å². The molecule has 1 aliphatic heterocycles. The number of carboxylic acid groups (broad SMARTS) is 1. The number of hydrogen-bond donors (Lipinski definition) is 1. The Morgan fingerprint density at radius 2 is 2.07 bits per heavy atom. The Morgan fingerprint density at radius 1 is 1.36 bits per heavy atom. The summed E-state index contributed by atoms with van der Waals surface area (Å²) in [4.78, 5) is 12.4. The van der Waals surface area contributed by atoms with Crippen molar-refractivity contribution in [2.45, 2.75) is 6.42 Å². The van der Waals surface area contributed by atoms with E-state index < -0.39 is 5.97 Å². The highest BCUT2D eigenvalue weighted by Gasteiger charge is 2.09. The summed E-state index contributed by atoms with van der Waals surface area (Å²) in [5.74, 6) is -0.965. The van der Waals surface area contributed by atoms with Crippen molar-refractivity contribution in [2.24, 2.45) is 0 Å². The number of hydrogen-bond acceptors (Lipinski definition) is 4. The van der Waals surface area contributed by atoms with Crippen molar-refractivity contribution in [3.05, 3.63) is 0 Å². The minimum atomic E-state index is -0.965. The van der Waals surface area contributed by atoms with Crippen molar-refractivity contribution in [2.75, 3.05) is 45.9 Å². The lowest BCUT2D eigenvalue weighted by Gasteiger charge is -2.25. The van der Waals surface area contributed by atoms with E-state index in [0.29, 0.717) is 6.54 Å². The molecule has 0 spiro atoms. The number of nitrogens with zero attached hydrogens (tertiary/aromatic N) is 1. The fraction of sp³-hybridized carbons (Fsp3) is 0.889. The molecule has 1 saturated heterocycles. The number of morpholine rings is 1. The SMILES string of the molecule is O=C([O-])CC[NH2+]CCN1CCOCC1. The highest BCUT2D eigenvalue weighted by atomic mass is 16.5. The lowest BCUT2D eigenvalue weighted by Crippen LogP contribution is -2.86. The average molecular weight is 202 g/mol. The van der Waals surface area contributed by atoms with Crippen LogP contribution in [0.25, 0.3) is 0 Å². The standard InChI is InChI=1S/C9H18N2O3/c12-9(13)1-2-10-3-4-11-5-7-14-8-6-11/h10H,1-8H2,(H,12,13). The van der Waals surface area contributed by atoms with Crippen LogP contribution in [0.5, 0.6) is 0 Å². The maximum Gasteiger partial charge on any atom is 0.0884 e. The summed E-state index contributed by atoms with van der Waals surface area (Å²) in [6, 6.07) is 0. The van der Waals surface area contributed by atoms with E-state index in [1.54, 1.807) is 0 Å². The van der Waals surface area contributed by atoms with E-state index >= 15 is 0 Å². The van der Waals surface area contributed by atoms with Crippen LogP contribution in [0.3, 0.4) is 0 Å². The van der Waals surface area contributed by atoms with Crippen LogP contribution in [0.2, 0.25) is 0 Å². The van der Waals surface area contributed by atoms with Gasteiger partial charge < -0.3 is 20.0 Å². The van der Waals surface area contributed by atoms with Crippen LogP contribution >= 0.6 is 0 Å². The Labute approximate surface area is 84.0 Å². The van der Waals surface area contributed by atoms with Crippen LogP contribution in [0.4, 0.5) is 0 Å². The molecule has 0 radical (unpaired) electrons. The van der Waals surface area contributed by atoms with Gasteiger partial charge in [0.15, 0.2) is 0 Å². The van der Waals surface area contributed by atoms with Crippen molar-refractivity contribution < 1.29 is 20.0 Å². The zero-order valence-electron chi connectivity index (χ0n) is 8.41. The number of carbonyl (C=O) groups is 1. The molecule has 14 heavy (non-hydrogen) atoms. The number of aliphatic carboxylic acids is 1. The summed E-state index contributed by atoms with van der Waals surface area (Å²) in [5, 5.41) is 12.1. The van der Waals surface area contributed by atoms with Gasteiger partial charge in [-0.3, -0.25) is 4.90 Å². The quantitative estimate of drug-likeness (QED) is 0.467. The smallest absolute Gasteiger partial charge is 0.0884 e. The molecule has 0 aromatic heterocycles. The number of carbonyl (C=O) groups excluding carboxylic acids is 1. The van der Waals surface area contributed by atoms with E-state index in [2.05, 4.69) is 4.90 Å². The van der Waals surface area contributed by atoms with Crippen LogP contribution < -0.4 is 10.4 Å². The second kappa shape index (κ2) is 6.75. The van der Waals surface area contributed by atoms with Gasteiger partial charge in [-0.1, -0.05) is 0 Å². The van der Waals surface area contributed by atoms with Crippen molar-refractivity contribution in [1.82, 2.24) is 4.90 Å². The summed E-state index contributed by atoms with van der Waals surface area (Å²) in [5.41, 5.74) is 0. The Morgan fingerprint density at radius 3 is 2.71 bits per heavy atom. The summed E-state index contributed by atoms with van der Waals surface area (Å²) in [6.07, 6.45) is 0.142. The molecule has 1 heterocycles. The number of quaternary nitrogens is 1. The molecule has 0 unspecified atom stereocenters. The molecular formula is C9H18N2O3. The maximum atomic E-state index is 10.1. The Hall–Kier alpha value is -0.650. The fourth-order valence-corrected chi connectivity index (χ4v) is 1.46. The second-order valence-electron chi connectivity index (χ2n) is 3.44. The predicted molar refractivity (Wildman–Crippen MR) is 48.5 cm³/mol. The molecule has 2 N–H and O–H groups in total. The first-order chi connectivity index (χ1) is 6.79. The first-order valence-electron chi connectivity index (χ1n) is 5.10. The van der Waals surface area contributed by atoms with Crippen LogP contribution in [-0.4, -0.2) is 56.8 Å². The summed E-state index contributed by atoms with van der Waals surface area (Å²) >= 11 is 0. The minimum Gasteiger partial charge on any atom is -0.550 e. The highest BCUT2D eigenvalue weighted by molar-refractivity contribution is 5.64. The van der Waals surface area contributed by atoms with E-state index in [0.717, 1.165) is 39.4 Å². The van der Waals surface area contributed by atoms with Crippen molar-refractivity contribution in [1.29, 1.82) is 0 Å². The Balaban J connectivity index is 1.90. The normalized spacial score (nSPS) is 18.3. The number of carboxylic acids is 1. The molecule has 5 heteroatoms. The summed E-state index contributed by atoms with van der Waals surface area (Å²) in [6.45, 7) is 6.21. The molecule has 0 saturated carbocycles. The van der Waals surface area contributed by atoms with Crippen LogP contribution in [0.15, 0.2) is 0 Å². The van der Waals surface area contributed by atoms with Gasteiger partial charge in [0, 0.05) is 32.0 Å². The third kappa shape index (κ3) is 5.16. The number of ether oxygens (including phenoxy) is 1. The molecular weight excluding hydrogens is 184 g/mol. The first kappa shape index (κ1) is 11.4. The predicted octanol–water partition coefficient (Wildman–Crippen LogP) is -2.98. The van der Waals surface area contributed by atoms with Crippen LogP contribution in [-0.2, 0) is 9.53 Å². The van der Waals surface area contributed by atoms with E-state index in [1.165, 1.54) is 0 Å². The van der Waals surface area contributed by atoms with Gasteiger partial charge in [0.25, 0.3) is 0 Å². The van der Waals surface area contributed by atoms with E-state index in [-0.39, 0.29) is 6.42 Å². The van der Waals surface area contributed by atoms with Gasteiger partial charge in [0.05, 0.1) is 26.3 Å². The van der Waals surface area contributed by atoms with Crippen molar-refractivity contribution in [3.8, 4) is 0 Å². The third-order valence-electron chi connectivity index (χ3n) is 2.31. The first-order valence-corrected chi connectivity index (χ1v) is 5.10. The van der Waals surface area contributed by atoms with Gasteiger partial charge in [0.2, 0.25) is 0 Å². The van der Waals surface area contributed by atoms with Gasteiger partial charge in [-0.25, -0.2) is 0 Å². The van der Waals surface area contributed by atoms with Gasteiger partial charge >= 0.3 is 0 Å². The average Bonchev–Trinajstić information content (AvgIpc) is 2.18. The molecule has 0 atom stereocenters. The zero-order valence-corrected chi connectivity index (χ0v) is 8.41. The molecule has 0 aliphatic carbocycles. The molecule has 0 aromatic rings. The molecule has 5 nitrogen and oxygen atoms in total. The molecule has 0 aromatic carbocycles. The molecule has 1 rings (SSSR count). The minimum absolute atomic E-state index is 0.142. The third-order valence-corrected chi connectivity index (χ3v) is 2.31. The van der Waals surface area contributed by atoms with Gasteiger partial charge in [-0.2, -0.15) is 0 Å². The number of nitrogens with two attached hydrogens (primary N) is 1. The van der Waals surface area contributed by atoms with E-state index in [1.807, 2.05) is 5.32 Å². The lowest BCUT2D eigenvalue weighted by atomic mass is 10.4. The van der Waals surface area contributed by atoms with Crippen LogP contribution in [0.1, 0.15) is 6.42 Å². The van der Waals surface area contributed by atoms with E-state index in [9.17, 15) is 9.90 Å². The molecule has 0 amide bonds. The fourth-order valence-electron chi connectivity index (χ4n) is 1.46. The van der Waals surface area contributed by atoms with Crippen LogP contribution in [0, 0.1) is 0 Å². The molecule has 82 valence electrons. The molecule has 1 aliphatic rings. The molecule has 0 bridgehead atoms. The topological polar surface area (TPSA) is 69.2 Å². The maximum absolute atomic E-state index is 10.1. The second-order valence-corrected chi connectivity index (χ2v) is 3.44. The lowest BCUT2D eigenvalue weighted by molar-refractivity contribution is -0.654. The summed E-state index contributed by atoms with van der Waals surface area (Å²) in [7, 11) is 0. The molecule has 1 fully saturated rings. The Bertz CT molecular complexity index is 169. The summed E-state index contributed by atoms with van der Waals surface area (Å²) < 4.78 is 5.22. The Kier molecular flexibility index (Phi) is 5.51. The van der Waals surface area contributed by atoms with Gasteiger partial charge in [-0.15, -0.1) is 0 Å².